The van der Waals surface area contributed by atoms with Gasteiger partial charge in [0.2, 0.25) is 5.84 Å². The highest BCUT2D eigenvalue weighted by Gasteiger charge is 2.50. The molecular weight excluding hydrogens is 370 g/mol. The average molecular weight is 383 g/mol. The minimum Gasteiger partial charge on any atom is -0.469 e. The van der Waals surface area contributed by atoms with Crippen molar-refractivity contribution in [3.63, 3.8) is 0 Å². The molecule has 1 heterocycles. The molecule has 1 aromatic heterocycles. The summed E-state index contributed by atoms with van der Waals surface area (Å²) < 4.78 is 7.38. The van der Waals surface area contributed by atoms with Crippen molar-refractivity contribution >= 4 is 37.9 Å². The Bertz CT molecular complexity index is 475. The van der Waals surface area contributed by atoms with Crippen LogP contribution in [0.1, 0.15) is 18.2 Å². The standard InChI is InChI=1S/C10H13Br2N3O3/c1-4-14(3)9(13-12)10(11,15(16)17)8-5-7(2)18-6-8/h5-6H,4H2,1-3H3. The number of likely N-dealkylation sites (N-methyl/N-ethyl adjacent to an activating group) is 1. The molecule has 1 rings (SSSR count). The van der Waals surface area contributed by atoms with Gasteiger partial charge in [-0.1, -0.05) is 0 Å². The lowest BCUT2D eigenvalue weighted by Gasteiger charge is -2.26. The summed E-state index contributed by atoms with van der Waals surface area (Å²) in [4.78, 5) is 12.7. The van der Waals surface area contributed by atoms with Gasteiger partial charge in [-0.25, -0.2) is 0 Å². The van der Waals surface area contributed by atoms with Crippen molar-refractivity contribution < 1.29 is 9.34 Å². The molecule has 1 unspecified atom stereocenters. The first kappa shape index (κ1) is 15.2. The van der Waals surface area contributed by atoms with E-state index in [1.807, 2.05) is 6.92 Å². The van der Waals surface area contributed by atoms with E-state index in [2.05, 4.69) is 36.1 Å². The zero-order valence-corrected chi connectivity index (χ0v) is 13.4. The molecule has 0 aliphatic heterocycles. The third-order valence-corrected chi connectivity index (χ3v) is 4.01. The van der Waals surface area contributed by atoms with E-state index < -0.39 is 9.37 Å². The number of nitro groups is 1. The van der Waals surface area contributed by atoms with Crippen LogP contribution in [-0.2, 0) is 4.45 Å². The molecule has 6 nitrogen and oxygen atoms in total. The normalized spacial score (nSPS) is 15.3. The average Bonchev–Trinajstić information content (AvgIpc) is 2.76. The van der Waals surface area contributed by atoms with Gasteiger partial charge in [-0.3, -0.25) is 10.1 Å². The fourth-order valence-corrected chi connectivity index (χ4v) is 2.82. The Morgan fingerprint density at radius 3 is 2.67 bits per heavy atom. The Labute approximate surface area is 122 Å². The molecule has 8 heteroatoms. The van der Waals surface area contributed by atoms with E-state index in [4.69, 9.17) is 4.42 Å². The molecule has 0 fully saturated rings. The summed E-state index contributed by atoms with van der Waals surface area (Å²) in [7, 11) is 1.73. The number of hydrogen-bond acceptors (Lipinski definition) is 4. The smallest absolute Gasteiger partial charge is 0.359 e. The molecule has 0 aromatic carbocycles. The lowest BCUT2D eigenvalue weighted by molar-refractivity contribution is -0.523. The Morgan fingerprint density at radius 1 is 1.72 bits per heavy atom. The van der Waals surface area contributed by atoms with Gasteiger partial charge in [0.05, 0.1) is 26.6 Å². The topological polar surface area (TPSA) is 71.9 Å². The lowest BCUT2D eigenvalue weighted by Crippen LogP contribution is -2.46. The monoisotopic (exact) mass is 381 g/mol. The van der Waals surface area contributed by atoms with Crippen LogP contribution < -0.4 is 0 Å². The zero-order valence-electron chi connectivity index (χ0n) is 10.2. The lowest BCUT2D eigenvalue weighted by atomic mass is 10.1. The Hall–Kier alpha value is -0.890. The fraction of sp³-hybridized carbons (Fsp3) is 0.500. The molecule has 0 amide bonds. The van der Waals surface area contributed by atoms with Crippen molar-refractivity contribution in [3.05, 3.63) is 33.8 Å². The third kappa shape index (κ3) is 2.59. The molecule has 0 bridgehead atoms. The van der Waals surface area contributed by atoms with Crippen molar-refractivity contribution in [1.29, 1.82) is 0 Å². The van der Waals surface area contributed by atoms with Gasteiger partial charge in [-0.05, 0) is 19.9 Å². The largest absolute Gasteiger partial charge is 0.469 e. The summed E-state index contributed by atoms with van der Waals surface area (Å²) in [5, 5.41) is 11.4. The van der Waals surface area contributed by atoms with Crippen LogP contribution in [0.4, 0.5) is 0 Å². The highest BCUT2D eigenvalue weighted by molar-refractivity contribution is 9.10. The predicted octanol–water partition coefficient (Wildman–Crippen LogP) is 3.07. The Balaban J connectivity index is 3.36. The van der Waals surface area contributed by atoms with Crippen molar-refractivity contribution in [3.8, 4) is 0 Å². The van der Waals surface area contributed by atoms with Crippen LogP contribution in [-0.4, -0.2) is 29.3 Å². The van der Waals surface area contributed by atoms with Crippen LogP contribution in [0.2, 0.25) is 0 Å². The number of furan rings is 1. The van der Waals surface area contributed by atoms with Gasteiger partial charge in [-0.15, -0.1) is 0 Å². The summed E-state index contributed by atoms with van der Waals surface area (Å²) in [6, 6.07) is 1.61. The van der Waals surface area contributed by atoms with E-state index in [0.29, 0.717) is 17.9 Å². The van der Waals surface area contributed by atoms with Gasteiger partial charge in [0.1, 0.15) is 12.0 Å². The number of aryl methyl sites for hydroxylation is 1. The molecule has 1 atom stereocenters. The van der Waals surface area contributed by atoms with E-state index in [9.17, 15) is 10.1 Å². The quantitative estimate of drug-likeness (QED) is 0.200. The molecule has 0 aliphatic carbocycles. The molecule has 0 saturated carbocycles. The van der Waals surface area contributed by atoms with Crippen molar-refractivity contribution in [2.75, 3.05) is 13.6 Å². The summed E-state index contributed by atoms with van der Waals surface area (Å²) >= 11 is 6.12. The highest BCUT2D eigenvalue weighted by Crippen LogP contribution is 2.36. The number of nitrogens with zero attached hydrogens (tertiary/aromatic N) is 3. The number of rotatable bonds is 4. The zero-order chi connectivity index (χ0) is 13.9. The minimum absolute atomic E-state index is 0.246. The van der Waals surface area contributed by atoms with Crippen LogP contribution in [0.5, 0.6) is 0 Å². The van der Waals surface area contributed by atoms with Gasteiger partial charge in [0.25, 0.3) is 0 Å². The van der Waals surface area contributed by atoms with E-state index in [1.54, 1.807) is 24.9 Å². The minimum atomic E-state index is -1.63. The van der Waals surface area contributed by atoms with Gasteiger partial charge in [0.15, 0.2) is 0 Å². The molecule has 18 heavy (non-hydrogen) atoms. The van der Waals surface area contributed by atoms with Gasteiger partial charge in [0, 0.05) is 29.5 Å². The first-order valence-electron chi connectivity index (χ1n) is 5.17. The second kappa shape index (κ2) is 5.83. The SMILES string of the molecule is CCN(C)C(=NBr)C(Br)(c1coc(C)c1)[N+](=O)[O-]. The molecule has 0 spiro atoms. The second-order valence-electron chi connectivity index (χ2n) is 3.75. The van der Waals surface area contributed by atoms with Crippen molar-refractivity contribution in [2.24, 2.45) is 4.02 Å². The fourth-order valence-electron chi connectivity index (χ4n) is 1.46. The Kier molecular flexibility index (Phi) is 4.92. The van der Waals surface area contributed by atoms with Crippen molar-refractivity contribution in [2.45, 2.75) is 18.3 Å². The van der Waals surface area contributed by atoms with Crippen LogP contribution in [0.25, 0.3) is 0 Å². The first-order valence-corrected chi connectivity index (χ1v) is 6.67. The molecule has 1 aromatic rings. The number of hydrogen-bond donors (Lipinski definition) is 0. The molecule has 100 valence electrons. The van der Waals surface area contributed by atoms with Crippen LogP contribution in [0.15, 0.2) is 20.8 Å². The van der Waals surface area contributed by atoms with Gasteiger partial charge >= 0.3 is 4.45 Å². The van der Waals surface area contributed by atoms with E-state index in [-0.39, 0.29) is 5.84 Å². The summed E-state index contributed by atoms with van der Waals surface area (Å²) in [6.07, 6.45) is 1.36. The predicted molar refractivity (Wildman–Crippen MR) is 75.7 cm³/mol. The van der Waals surface area contributed by atoms with Crippen LogP contribution in [0.3, 0.4) is 0 Å². The molecule has 0 aliphatic rings. The number of amidine groups is 1. The van der Waals surface area contributed by atoms with E-state index >= 15 is 0 Å². The number of halogens is 2. The van der Waals surface area contributed by atoms with Crippen LogP contribution in [0, 0.1) is 17.0 Å². The maximum absolute atomic E-state index is 11.4. The maximum Gasteiger partial charge on any atom is 0.359 e. The number of alkyl halides is 1. The molecule has 0 N–H and O–H groups in total. The van der Waals surface area contributed by atoms with E-state index in [1.165, 1.54) is 6.26 Å². The van der Waals surface area contributed by atoms with Crippen molar-refractivity contribution in [1.82, 2.24) is 4.90 Å². The highest BCUT2D eigenvalue weighted by atomic mass is 79.9. The Morgan fingerprint density at radius 2 is 2.33 bits per heavy atom. The first-order chi connectivity index (χ1) is 8.37. The summed E-state index contributed by atoms with van der Waals surface area (Å²) in [6.45, 7) is 4.19. The summed E-state index contributed by atoms with van der Waals surface area (Å²) in [5.41, 5.74) is 0.392. The van der Waals surface area contributed by atoms with E-state index in [0.717, 1.165) is 0 Å². The van der Waals surface area contributed by atoms with Gasteiger partial charge in [-0.2, -0.15) is 4.02 Å². The summed E-state index contributed by atoms with van der Waals surface area (Å²) in [5.74, 6) is 0.847. The van der Waals surface area contributed by atoms with Crippen LogP contribution >= 0.6 is 32.1 Å². The molecular formula is C10H13Br2N3O3. The van der Waals surface area contributed by atoms with Gasteiger partial charge < -0.3 is 9.32 Å². The third-order valence-electron chi connectivity index (χ3n) is 2.58. The second-order valence-corrected chi connectivity index (χ2v) is 5.25. The maximum atomic E-state index is 11.4. The molecule has 0 radical (unpaired) electrons. The molecule has 0 saturated heterocycles.